The summed E-state index contributed by atoms with van der Waals surface area (Å²) in [6.45, 7) is 9.38. The van der Waals surface area contributed by atoms with E-state index < -0.39 is 0 Å². The molecule has 0 aliphatic carbocycles. The number of aromatic nitrogens is 5. The number of carbonyl (C=O) groups is 1. The summed E-state index contributed by atoms with van der Waals surface area (Å²) in [5, 5.41) is 13.2. The second-order valence-electron chi connectivity index (χ2n) is 7.95. The zero-order valence-corrected chi connectivity index (χ0v) is 17.8. The van der Waals surface area contributed by atoms with E-state index >= 15 is 0 Å². The molecule has 1 amide bonds. The van der Waals surface area contributed by atoms with E-state index in [0.717, 1.165) is 47.7 Å². The quantitative estimate of drug-likeness (QED) is 0.661. The summed E-state index contributed by atoms with van der Waals surface area (Å²) in [6.07, 6.45) is 4.25. The Kier molecular flexibility index (Phi) is 5.02. The van der Waals surface area contributed by atoms with Crippen molar-refractivity contribution in [1.29, 1.82) is 0 Å². The van der Waals surface area contributed by atoms with Gasteiger partial charge in [0.25, 0.3) is 0 Å². The smallest absolute Gasteiger partial charge is 0.225 e. The predicted octanol–water partition coefficient (Wildman–Crippen LogP) is 3.26. The summed E-state index contributed by atoms with van der Waals surface area (Å²) in [4.78, 5) is 15.0. The Balaban J connectivity index is 1.53. The molecule has 1 aliphatic heterocycles. The van der Waals surface area contributed by atoms with Crippen LogP contribution in [0.4, 0.5) is 0 Å². The Morgan fingerprint density at radius 2 is 2.03 bits per heavy atom. The maximum absolute atomic E-state index is 13.1. The minimum atomic E-state index is -0.0358. The van der Waals surface area contributed by atoms with Gasteiger partial charge in [0.15, 0.2) is 5.76 Å². The van der Waals surface area contributed by atoms with E-state index in [1.807, 2.05) is 42.7 Å². The average molecular weight is 396 g/mol. The highest BCUT2D eigenvalue weighted by atomic mass is 16.5. The molecule has 0 saturated carbocycles. The molecule has 154 valence electrons. The van der Waals surface area contributed by atoms with Crippen molar-refractivity contribution in [3.63, 3.8) is 0 Å². The number of carbonyl (C=O) groups excluding carboxylic acids is 1. The van der Waals surface area contributed by atoms with Gasteiger partial charge >= 0.3 is 0 Å². The van der Waals surface area contributed by atoms with Crippen LogP contribution < -0.4 is 0 Å². The van der Waals surface area contributed by atoms with Crippen LogP contribution in [0.15, 0.2) is 16.8 Å². The molecular weight excluding hydrogens is 368 g/mol. The fraction of sp³-hybridized carbons (Fsp3) is 0.524. The Bertz CT molecular complexity index is 1040. The van der Waals surface area contributed by atoms with E-state index in [-0.39, 0.29) is 11.9 Å². The molecule has 1 aliphatic rings. The van der Waals surface area contributed by atoms with Crippen LogP contribution in [0.5, 0.6) is 0 Å². The third kappa shape index (κ3) is 3.59. The molecule has 4 rings (SSSR count). The highest BCUT2D eigenvalue weighted by Crippen LogP contribution is 2.37. The summed E-state index contributed by atoms with van der Waals surface area (Å²) in [5.41, 5.74) is 5.96. The molecule has 1 fully saturated rings. The van der Waals surface area contributed by atoms with Crippen LogP contribution in [0.2, 0.25) is 0 Å². The first-order chi connectivity index (χ1) is 13.8. The molecule has 0 aromatic carbocycles. The van der Waals surface area contributed by atoms with Gasteiger partial charge in [-0.1, -0.05) is 5.16 Å². The number of likely N-dealkylation sites (tertiary alicyclic amines) is 1. The first-order valence-corrected chi connectivity index (χ1v) is 10.1. The Hall–Kier alpha value is -2.90. The van der Waals surface area contributed by atoms with Crippen molar-refractivity contribution in [1.82, 2.24) is 29.6 Å². The maximum Gasteiger partial charge on any atom is 0.225 e. The van der Waals surface area contributed by atoms with Gasteiger partial charge in [-0.25, -0.2) is 0 Å². The molecule has 8 nitrogen and oxygen atoms in total. The highest BCUT2D eigenvalue weighted by Gasteiger charge is 2.34. The van der Waals surface area contributed by atoms with Crippen molar-refractivity contribution < 1.29 is 9.32 Å². The lowest BCUT2D eigenvalue weighted by Crippen LogP contribution is -2.31. The third-order valence-electron chi connectivity index (χ3n) is 5.92. The van der Waals surface area contributed by atoms with Crippen molar-refractivity contribution >= 4 is 5.91 Å². The van der Waals surface area contributed by atoms with Crippen LogP contribution in [0, 0.1) is 27.7 Å². The van der Waals surface area contributed by atoms with Crippen LogP contribution in [0.1, 0.15) is 53.6 Å². The lowest BCUT2D eigenvalue weighted by molar-refractivity contribution is -0.132. The summed E-state index contributed by atoms with van der Waals surface area (Å²) in [6, 6.07) is 1.87. The van der Waals surface area contributed by atoms with Gasteiger partial charge in [-0.2, -0.15) is 10.2 Å². The van der Waals surface area contributed by atoms with E-state index in [4.69, 9.17) is 4.52 Å². The average Bonchev–Trinajstić information content (AvgIpc) is 3.45. The van der Waals surface area contributed by atoms with Gasteiger partial charge < -0.3 is 9.42 Å². The lowest BCUT2D eigenvalue weighted by atomic mass is 10.0. The van der Waals surface area contributed by atoms with E-state index in [0.29, 0.717) is 18.7 Å². The van der Waals surface area contributed by atoms with E-state index in [1.54, 1.807) is 4.68 Å². The fourth-order valence-corrected chi connectivity index (χ4v) is 4.13. The topological polar surface area (TPSA) is 82.0 Å². The summed E-state index contributed by atoms with van der Waals surface area (Å²) in [5.74, 6) is 0.839. The summed E-state index contributed by atoms with van der Waals surface area (Å²) in [7, 11) is 1.89. The number of nitrogens with zero attached hydrogens (tertiary/aromatic N) is 6. The standard InChI is InChI=1S/C21H28N6O2/c1-13-11-19(29-24-13)17-12-25(5)23-21(17)18-7-6-9-26(18)20(28)8-10-27-16(4)14(2)15(3)22-27/h11-12,18H,6-10H2,1-5H3/t18-/m1/s1. The fourth-order valence-electron chi connectivity index (χ4n) is 4.13. The summed E-state index contributed by atoms with van der Waals surface area (Å²) >= 11 is 0. The van der Waals surface area contributed by atoms with Gasteiger partial charge in [-0.05, 0) is 46.1 Å². The maximum atomic E-state index is 13.1. The van der Waals surface area contributed by atoms with Crippen LogP contribution in [0.25, 0.3) is 11.3 Å². The van der Waals surface area contributed by atoms with Crippen molar-refractivity contribution in [2.75, 3.05) is 6.54 Å². The van der Waals surface area contributed by atoms with Gasteiger partial charge in [0, 0.05) is 44.5 Å². The van der Waals surface area contributed by atoms with Crippen LogP contribution in [-0.4, -0.2) is 42.1 Å². The minimum Gasteiger partial charge on any atom is -0.356 e. The molecular formula is C21H28N6O2. The molecule has 1 saturated heterocycles. The molecule has 3 aromatic heterocycles. The molecule has 0 bridgehead atoms. The zero-order valence-electron chi connectivity index (χ0n) is 17.8. The van der Waals surface area contributed by atoms with Gasteiger partial charge in [-0.15, -0.1) is 0 Å². The Morgan fingerprint density at radius 1 is 1.24 bits per heavy atom. The van der Waals surface area contributed by atoms with Crippen LogP contribution in [-0.2, 0) is 18.4 Å². The number of aryl methyl sites for hydroxylation is 4. The second-order valence-corrected chi connectivity index (χ2v) is 7.95. The van der Waals surface area contributed by atoms with Gasteiger partial charge in [0.1, 0.15) is 0 Å². The first-order valence-electron chi connectivity index (χ1n) is 10.1. The zero-order chi connectivity index (χ0) is 20.7. The summed E-state index contributed by atoms with van der Waals surface area (Å²) < 4.78 is 9.19. The largest absolute Gasteiger partial charge is 0.356 e. The minimum absolute atomic E-state index is 0.0358. The lowest BCUT2D eigenvalue weighted by Gasteiger charge is -2.24. The molecule has 0 N–H and O–H groups in total. The van der Waals surface area contributed by atoms with E-state index in [2.05, 4.69) is 29.2 Å². The highest BCUT2D eigenvalue weighted by molar-refractivity contribution is 5.77. The normalized spacial score (nSPS) is 16.7. The van der Waals surface area contributed by atoms with Gasteiger partial charge in [-0.3, -0.25) is 14.2 Å². The molecule has 1 atom stereocenters. The molecule has 29 heavy (non-hydrogen) atoms. The molecule has 0 radical (unpaired) electrons. The number of hydrogen-bond acceptors (Lipinski definition) is 5. The number of rotatable bonds is 5. The first kappa shape index (κ1) is 19.4. The SMILES string of the molecule is Cc1cc(-c2cn(C)nc2[C@H]2CCCN2C(=O)CCn2nc(C)c(C)c2C)on1. The molecule has 0 spiro atoms. The molecule has 4 heterocycles. The third-order valence-corrected chi connectivity index (χ3v) is 5.92. The van der Waals surface area contributed by atoms with Crippen molar-refractivity contribution in [3.8, 4) is 11.3 Å². The van der Waals surface area contributed by atoms with Crippen LogP contribution in [0.3, 0.4) is 0 Å². The van der Waals surface area contributed by atoms with Gasteiger partial charge in [0.2, 0.25) is 5.91 Å². The number of hydrogen-bond donors (Lipinski definition) is 0. The predicted molar refractivity (Wildman–Crippen MR) is 108 cm³/mol. The molecule has 0 unspecified atom stereocenters. The van der Waals surface area contributed by atoms with Crippen LogP contribution >= 0.6 is 0 Å². The van der Waals surface area contributed by atoms with Gasteiger partial charge in [0.05, 0.1) is 28.7 Å². The second kappa shape index (κ2) is 7.50. The van der Waals surface area contributed by atoms with E-state index in [1.165, 1.54) is 5.56 Å². The van der Waals surface area contributed by atoms with Crippen molar-refractivity contribution in [2.24, 2.45) is 7.05 Å². The Morgan fingerprint density at radius 3 is 2.69 bits per heavy atom. The monoisotopic (exact) mass is 396 g/mol. The van der Waals surface area contributed by atoms with E-state index in [9.17, 15) is 4.79 Å². The number of amides is 1. The molecule has 8 heteroatoms. The Labute approximate surface area is 170 Å². The molecule has 3 aromatic rings. The van der Waals surface area contributed by atoms with Crippen molar-refractivity contribution in [2.45, 2.75) is 59.5 Å². The van der Waals surface area contributed by atoms with Crippen molar-refractivity contribution in [3.05, 3.63) is 40.6 Å².